The highest BCUT2D eigenvalue weighted by Crippen LogP contribution is 2.21. The fourth-order valence-corrected chi connectivity index (χ4v) is 2.59. The molecule has 0 radical (unpaired) electrons. The van der Waals surface area contributed by atoms with E-state index >= 15 is 0 Å². The molecule has 0 atom stereocenters. The summed E-state index contributed by atoms with van der Waals surface area (Å²) in [6, 6.07) is 7.77. The number of rotatable bonds is 9. The van der Waals surface area contributed by atoms with Gasteiger partial charge in [-0.15, -0.1) is 0 Å². The lowest BCUT2D eigenvalue weighted by Crippen LogP contribution is -2.45. The normalized spacial score (nSPS) is 11.4. The molecule has 1 amide bonds. The minimum Gasteiger partial charge on any atom is -0.351 e. The van der Waals surface area contributed by atoms with E-state index in [9.17, 15) is 4.79 Å². The molecule has 0 unspecified atom stereocenters. The molecule has 0 heterocycles. The molecule has 4 heteroatoms. The highest BCUT2D eigenvalue weighted by molar-refractivity contribution is 6.31. The van der Waals surface area contributed by atoms with Crippen molar-refractivity contribution in [3.05, 3.63) is 34.9 Å². The lowest BCUT2D eigenvalue weighted by molar-refractivity contribution is -0.122. The highest BCUT2D eigenvalue weighted by Gasteiger charge is 2.21. The number of benzene rings is 1. The van der Waals surface area contributed by atoms with Crippen LogP contribution in [0.5, 0.6) is 0 Å². The van der Waals surface area contributed by atoms with Gasteiger partial charge in [-0.05, 0) is 51.3 Å². The number of nitrogens with two attached hydrogens (primary N) is 1. The molecule has 3 nitrogen and oxygen atoms in total. The van der Waals surface area contributed by atoms with Gasteiger partial charge in [0.15, 0.2) is 0 Å². The minimum atomic E-state index is -0.292. The molecule has 0 aliphatic rings. The Morgan fingerprint density at radius 1 is 1.19 bits per heavy atom. The zero-order valence-electron chi connectivity index (χ0n) is 13.1. The minimum absolute atomic E-state index is 0.111. The van der Waals surface area contributed by atoms with Crippen molar-refractivity contribution in [2.45, 2.75) is 57.9 Å². The van der Waals surface area contributed by atoms with Crippen LogP contribution in [0.4, 0.5) is 0 Å². The summed E-state index contributed by atoms with van der Waals surface area (Å²) in [5.74, 6) is 0.111. The molecule has 0 aliphatic heterocycles. The molecule has 0 saturated heterocycles. The fraction of sp³-hybridized carbons (Fsp3) is 0.588. The third-order valence-corrected chi connectivity index (χ3v) is 3.79. The molecule has 1 aromatic rings. The maximum Gasteiger partial charge on any atom is 0.220 e. The van der Waals surface area contributed by atoms with Crippen LogP contribution in [0, 0.1) is 0 Å². The van der Waals surface area contributed by atoms with Crippen LogP contribution in [0.2, 0.25) is 5.02 Å². The summed E-state index contributed by atoms with van der Waals surface area (Å²) in [4.78, 5) is 12.0. The number of hydrogen-bond acceptors (Lipinski definition) is 2. The third-order valence-electron chi connectivity index (χ3n) is 3.43. The first-order chi connectivity index (χ1) is 9.94. The Labute approximate surface area is 133 Å². The van der Waals surface area contributed by atoms with Gasteiger partial charge in [0.05, 0.1) is 0 Å². The molecule has 0 saturated carbocycles. The Balaban J connectivity index is 2.38. The van der Waals surface area contributed by atoms with E-state index in [1.165, 1.54) is 0 Å². The quantitative estimate of drug-likeness (QED) is 0.683. The third kappa shape index (κ3) is 7.49. The molecular weight excluding hydrogens is 284 g/mol. The fourth-order valence-electron chi connectivity index (χ4n) is 2.39. The molecule has 0 spiro atoms. The summed E-state index contributed by atoms with van der Waals surface area (Å²) in [5, 5.41) is 3.85. The molecule has 1 rings (SSSR count). The van der Waals surface area contributed by atoms with Gasteiger partial charge in [-0.25, -0.2) is 0 Å². The van der Waals surface area contributed by atoms with Gasteiger partial charge in [-0.1, -0.05) is 42.6 Å². The number of carbonyl (C=O) groups excluding carboxylic acids is 1. The van der Waals surface area contributed by atoms with Gasteiger partial charge in [0.2, 0.25) is 5.91 Å². The maximum absolute atomic E-state index is 12.0. The average Bonchev–Trinajstić information content (AvgIpc) is 2.40. The Kier molecular flexibility index (Phi) is 7.76. The van der Waals surface area contributed by atoms with E-state index in [0.717, 1.165) is 49.2 Å². The van der Waals surface area contributed by atoms with Crippen molar-refractivity contribution >= 4 is 17.5 Å². The SMILES string of the molecule is CC(C)(Cc1ccccc1Cl)NC(=O)CCCCCCN. The van der Waals surface area contributed by atoms with Gasteiger partial charge in [0.25, 0.3) is 0 Å². The first-order valence-corrected chi connectivity index (χ1v) is 8.07. The lowest BCUT2D eigenvalue weighted by Gasteiger charge is -2.27. The molecule has 0 fully saturated rings. The lowest BCUT2D eigenvalue weighted by atomic mass is 9.94. The summed E-state index contributed by atoms with van der Waals surface area (Å²) < 4.78 is 0. The maximum atomic E-state index is 12.0. The van der Waals surface area contributed by atoms with Crippen molar-refractivity contribution in [2.24, 2.45) is 5.73 Å². The monoisotopic (exact) mass is 310 g/mol. The van der Waals surface area contributed by atoms with E-state index in [0.29, 0.717) is 6.42 Å². The smallest absolute Gasteiger partial charge is 0.220 e. The molecule has 1 aromatic carbocycles. The molecule has 21 heavy (non-hydrogen) atoms. The first kappa shape index (κ1) is 18.0. The van der Waals surface area contributed by atoms with Crippen molar-refractivity contribution in [3.8, 4) is 0 Å². The van der Waals surface area contributed by atoms with Crippen molar-refractivity contribution in [1.82, 2.24) is 5.32 Å². The second-order valence-corrected chi connectivity index (χ2v) is 6.56. The Bertz CT molecular complexity index is 446. The van der Waals surface area contributed by atoms with E-state index < -0.39 is 0 Å². The van der Waals surface area contributed by atoms with E-state index in [2.05, 4.69) is 5.32 Å². The van der Waals surface area contributed by atoms with Crippen LogP contribution in [-0.2, 0) is 11.2 Å². The summed E-state index contributed by atoms with van der Waals surface area (Å²) in [6.45, 7) is 4.79. The molecule has 3 N–H and O–H groups in total. The predicted octanol–water partition coefficient (Wildman–Crippen LogP) is 3.69. The van der Waals surface area contributed by atoms with Crippen LogP contribution >= 0.6 is 11.6 Å². The van der Waals surface area contributed by atoms with Crippen molar-refractivity contribution in [1.29, 1.82) is 0 Å². The van der Waals surface area contributed by atoms with E-state index in [4.69, 9.17) is 17.3 Å². The number of hydrogen-bond donors (Lipinski definition) is 2. The zero-order valence-corrected chi connectivity index (χ0v) is 13.9. The second-order valence-electron chi connectivity index (χ2n) is 6.15. The van der Waals surface area contributed by atoms with Crippen molar-refractivity contribution in [3.63, 3.8) is 0 Å². The Morgan fingerprint density at radius 3 is 2.52 bits per heavy atom. The average molecular weight is 311 g/mol. The van der Waals surface area contributed by atoms with Crippen molar-refractivity contribution < 1.29 is 4.79 Å². The van der Waals surface area contributed by atoms with E-state index in [1.807, 2.05) is 38.1 Å². The number of unbranched alkanes of at least 4 members (excludes halogenated alkanes) is 3. The van der Waals surface area contributed by atoms with Crippen LogP contribution in [0.1, 0.15) is 51.5 Å². The zero-order chi connectivity index (χ0) is 15.7. The van der Waals surface area contributed by atoms with Gasteiger partial charge in [-0.3, -0.25) is 4.79 Å². The van der Waals surface area contributed by atoms with Gasteiger partial charge < -0.3 is 11.1 Å². The van der Waals surface area contributed by atoms with Crippen LogP contribution in [-0.4, -0.2) is 18.0 Å². The van der Waals surface area contributed by atoms with Gasteiger partial charge in [0.1, 0.15) is 0 Å². The first-order valence-electron chi connectivity index (χ1n) is 7.69. The summed E-state index contributed by atoms with van der Waals surface area (Å²) >= 11 is 6.18. The highest BCUT2D eigenvalue weighted by atomic mass is 35.5. The molecular formula is C17H27ClN2O. The van der Waals surface area contributed by atoms with Crippen LogP contribution in [0.3, 0.4) is 0 Å². The molecule has 0 aliphatic carbocycles. The van der Waals surface area contributed by atoms with E-state index in [-0.39, 0.29) is 11.4 Å². The van der Waals surface area contributed by atoms with Crippen molar-refractivity contribution in [2.75, 3.05) is 6.54 Å². The summed E-state index contributed by atoms with van der Waals surface area (Å²) in [5.41, 5.74) is 6.22. The number of amides is 1. The predicted molar refractivity (Wildman–Crippen MR) is 89.5 cm³/mol. The standard InChI is InChI=1S/C17H27ClN2O/c1-17(2,13-14-9-6-7-10-15(14)18)20-16(21)11-5-3-4-8-12-19/h6-7,9-10H,3-5,8,11-13,19H2,1-2H3,(H,20,21). The van der Waals surface area contributed by atoms with Gasteiger partial charge >= 0.3 is 0 Å². The van der Waals surface area contributed by atoms with Gasteiger partial charge in [-0.2, -0.15) is 0 Å². The van der Waals surface area contributed by atoms with Crippen LogP contribution in [0.25, 0.3) is 0 Å². The van der Waals surface area contributed by atoms with E-state index in [1.54, 1.807) is 0 Å². The molecule has 0 aromatic heterocycles. The number of carbonyl (C=O) groups is 1. The topological polar surface area (TPSA) is 55.1 Å². The largest absolute Gasteiger partial charge is 0.351 e. The Hall–Kier alpha value is -1.06. The van der Waals surface area contributed by atoms with Gasteiger partial charge in [0, 0.05) is 17.0 Å². The summed E-state index contributed by atoms with van der Waals surface area (Å²) in [6.07, 6.45) is 5.44. The molecule has 0 bridgehead atoms. The van der Waals surface area contributed by atoms with Crippen LogP contribution < -0.4 is 11.1 Å². The number of nitrogens with one attached hydrogen (secondary N) is 1. The number of halogens is 1. The molecule has 118 valence electrons. The van der Waals surface area contributed by atoms with Crippen LogP contribution in [0.15, 0.2) is 24.3 Å². The Morgan fingerprint density at radius 2 is 1.86 bits per heavy atom. The summed E-state index contributed by atoms with van der Waals surface area (Å²) in [7, 11) is 0. The second kappa shape index (κ2) is 9.06.